The highest BCUT2D eigenvalue weighted by atomic mass is 32.2. The van der Waals surface area contributed by atoms with Gasteiger partial charge >= 0.3 is 0 Å². The molecule has 0 saturated heterocycles. The molecule has 1 unspecified atom stereocenters. The first-order valence-electron chi connectivity index (χ1n) is 3.14. The Bertz CT molecular complexity index is 61.0. The average Bonchev–Trinajstić information content (AvgIpc) is 1.85. The molecule has 2 N–H and O–H groups in total. The normalized spacial score (nSPS) is 13.7. The zero-order valence-corrected chi connectivity index (χ0v) is 6.87. The van der Waals surface area contributed by atoms with E-state index in [1.165, 1.54) is 0 Å². The van der Waals surface area contributed by atoms with Gasteiger partial charge in [0.1, 0.15) is 0 Å². The minimum Gasteiger partial charge on any atom is -0.395 e. The molecule has 0 heterocycles. The summed E-state index contributed by atoms with van der Waals surface area (Å²) in [7, 11) is 0. The van der Waals surface area contributed by atoms with Crippen LogP contribution in [0.25, 0.3) is 0 Å². The molecule has 0 amide bonds. The van der Waals surface area contributed by atoms with E-state index in [0.717, 1.165) is 5.75 Å². The Morgan fingerprint density at radius 1 is 1.67 bits per heavy atom. The molecule has 2 nitrogen and oxygen atoms in total. The van der Waals surface area contributed by atoms with Crippen LogP contribution in [0.1, 0.15) is 6.92 Å². The van der Waals surface area contributed by atoms with Crippen molar-refractivity contribution < 1.29 is 5.11 Å². The molecule has 0 saturated carbocycles. The predicted molar refractivity (Wildman–Crippen MR) is 42.9 cm³/mol. The van der Waals surface area contributed by atoms with E-state index in [0.29, 0.717) is 12.6 Å². The van der Waals surface area contributed by atoms with Crippen LogP contribution < -0.4 is 5.32 Å². The molecule has 0 radical (unpaired) electrons. The fourth-order valence-electron chi connectivity index (χ4n) is 0.620. The number of rotatable bonds is 5. The fourth-order valence-corrected chi connectivity index (χ4v) is 1.24. The smallest absolute Gasteiger partial charge is 0.0556 e. The number of aliphatic hydroxyl groups excluding tert-OH is 1. The minimum absolute atomic E-state index is 0.235. The van der Waals surface area contributed by atoms with Crippen molar-refractivity contribution in [1.29, 1.82) is 0 Å². The molecule has 0 bridgehead atoms. The van der Waals surface area contributed by atoms with E-state index in [9.17, 15) is 0 Å². The highest BCUT2D eigenvalue weighted by molar-refractivity contribution is 7.98. The maximum Gasteiger partial charge on any atom is 0.0556 e. The lowest BCUT2D eigenvalue weighted by molar-refractivity contribution is 0.288. The van der Waals surface area contributed by atoms with Crippen LogP contribution in [-0.2, 0) is 0 Å². The molecule has 9 heavy (non-hydrogen) atoms. The molecule has 56 valence electrons. The first kappa shape index (κ1) is 9.27. The molecule has 0 fully saturated rings. The molecular formula is C6H15NOS. The van der Waals surface area contributed by atoms with Gasteiger partial charge in [-0.2, -0.15) is 11.8 Å². The third kappa shape index (κ3) is 6.15. The van der Waals surface area contributed by atoms with Crippen molar-refractivity contribution in [3.8, 4) is 0 Å². The largest absolute Gasteiger partial charge is 0.395 e. The third-order valence-electron chi connectivity index (χ3n) is 1.02. The van der Waals surface area contributed by atoms with E-state index < -0.39 is 0 Å². The van der Waals surface area contributed by atoms with Gasteiger partial charge in [-0.25, -0.2) is 0 Å². The van der Waals surface area contributed by atoms with E-state index in [4.69, 9.17) is 5.11 Å². The van der Waals surface area contributed by atoms with Crippen LogP contribution in [0.4, 0.5) is 0 Å². The van der Waals surface area contributed by atoms with Crippen molar-refractivity contribution in [3.05, 3.63) is 0 Å². The summed E-state index contributed by atoms with van der Waals surface area (Å²) in [5.41, 5.74) is 0. The van der Waals surface area contributed by atoms with Crippen molar-refractivity contribution in [2.24, 2.45) is 0 Å². The molecule has 0 aromatic heterocycles. The lowest BCUT2D eigenvalue weighted by Gasteiger charge is -2.09. The Balaban J connectivity index is 2.95. The zero-order valence-electron chi connectivity index (χ0n) is 6.05. The third-order valence-corrected chi connectivity index (χ3v) is 1.85. The van der Waals surface area contributed by atoms with Gasteiger partial charge in [-0.15, -0.1) is 0 Å². The van der Waals surface area contributed by atoms with E-state index in [-0.39, 0.29) is 6.61 Å². The summed E-state index contributed by atoms with van der Waals surface area (Å²) in [5, 5.41) is 11.6. The van der Waals surface area contributed by atoms with Crippen LogP contribution in [0.15, 0.2) is 0 Å². The van der Waals surface area contributed by atoms with Gasteiger partial charge in [0.15, 0.2) is 0 Å². The van der Waals surface area contributed by atoms with Gasteiger partial charge in [-0.1, -0.05) is 0 Å². The van der Waals surface area contributed by atoms with Crippen molar-refractivity contribution in [2.75, 3.05) is 25.2 Å². The fraction of sp³-hybridized carbons (Fsp3) is 1.00. The van der Waals surface area contributed by atoms with Gasteiger partial charge in [0.05, 0.1) is 6.61 Å². The topological polar surface area (TPSA) is 32.3 Å². The minimum atomic E-state index is 0.235. The van der Waals surface area contributed by atoms with Gasteiger partial charge in [0, 0.05) is 18.3 Å². The Kier molecular flexibility index (Phi) is 6.58. The monoisotopic (exact) mass is 149 g/mol. The van der Waals surface area contributed by atoms with E-state index in [1.54, 1.807) is 0 Å². The second-order valence-corrected chi connectivity index (χ2v) is 2.94. The lowest BCUT2D eigenvalue weighted by Crippen LogP contribution is -2.30. The van der Waals surface area contributed by atoms with E-state index in [1.807, 2.05) is 11.8 Å². The Hall–Kier alpha value is 0.270. The van der Waals surface area contributed by atoms with Gasteiger partial charge in [0.25, 0.3) is 0 Å². The first-order valence-corrected chi connectivity index (χ1v) is 4.53. The quantitative estimate of drug-likeness (QED) is 0.590. The predicted octanol–water partition coefficient (Wildman–Crippen LogP) is 0.320. The summed E-state index contributed by atoms with van der Waals surface area (Å²) in [6, 6.07) is 0.521. The number of nitrogens with one attached hydrogen (secondary N) is 1. The molecular weight excluding hydrogens is 134 g/mol. The first-order chi connectivity index (χ1) is 4.31. The highest BCUT2D eigenvalue weighted by Gasteiger charge is 1.96. The molecule has 0 aromatic rings. The van der Waals surface area contributed by atoms with Crippen molar-refractivity contribution >= 4 is 11.8 Å². The molecule has 0 spiro atoms. The Morgan fingerprint density at radius 2 is 2.33 bits per heavy atom. The van der Waals surface area contributed by atoms with Gasteiger partial charge in [-0.3, -0.25) is 0 Å². The summed E-state index contributed by atoms with van der Waals surface area (Å²) >= 11 is 1.82. The maximum absolute atomic E-state index is 8.41. The zero-order chi connectivity index (χ0) is 7.11. The molecule has 1 atom stereocenters. The highest BCUT2D eigenvalue weighted by Crippen LogP contribution is 1.94. The van der Waals surface area contributed by atoms with E-state index >= 15 is 0 Å². The van der Waals surface area contributed by atoms with Crippen LogP contribution in [0.2, 0.25) is 0 Å². The number of thioether (sulfide) groups is 1. The number of hydrogen-bond acceptors (Lipinski definition) is 3. The molecule has 0 aromatic carbocycles. The molecule has 0 aliphatic heterocycles. The van der Waals surface area contributed by atoms with Crippen molar-refractivity contribution in [2.45, 2.75) is 13.0 Å². The SMILES string of the molecule is CSCC(C)NCCO. The summed E-state index contributed by atoms with van der Waals surface area (Å²) < 4.78 is 0. The summed E-state index contributed by atoms with van der Waals surface area (Å²) in [6.07, 6.45) is 2.08. The Labute approximate surface area is 61.0 Å². The molecule has 0 aliphatic carbocycles. The number of aliphatic hydroxyl groups is 1. The number of hydrogen-bond donors (Lipinski definition) is 2. The standard InChI is InChI=1S/C6H15NOS/c1-6(5-9-2)7-3-4-8/h6-8H,3-5H2,1-2H3. The van der Waals surface area contributed by atoms with Crippen molar-refractivity contribution in [3.63, 3.8) is 0 Å². The summed E-state index contributed by atoms with van der Waals surface area (Å²) in [5.74, 6) is 1.11. The van der Waals surface area contributed by atoms with Crippen LogP contribution in [0.5, 0.6) is 0 Å². The summed E-state index contributed by atoms with van der Waals surface area (Å²) in [6.45, 7) is 3.06. The maximum atomic E-state index is 8.41. The van der Waals surface area contributed by atoms with Crippen LogP contribution >= 0.6 is 11.8 Å². The average molecular weight is 149 g/mol. The lowest BCUT2D eigenvalue weighted by atomic mass is 10.4. The van der Waals surface area contributed by atoms with Crippen LogP contribution in [0.3, 0.4) is 0 Å². The molecule has 0 aliphatic rings. The van der Waals surface area contributed by atoms with Gasteiger partial charge in [0.2, 0.25) is 0 Å². The van der Waals surface area contributed by atoms with Crippen molar-refractivity contribution in [1.82, 2.24) is 5.32 Å². The van der Waals surface area contributed by atoms with Crippen LogP contribution in [-0.4, -0.2) is 36.3 Å². The van der Waals surface area contributed by atoms with Gasteiger partial charge < -0.3 is 10.4 Å². The second kappa shape index (κ2) is 6.39. The summed E-state index contributed by atoms with van der Waals surface area (Å²) in [4.78, 5) is 0. The van der Waals surface area contributed by atoms with Crippen LogP contribution in [0, 0.1) is 0 Å². The second-order valence-electron chi connectivity index (χ2n) is 2.03. The molecule has 3 heteroatoms. The van der Waals surface area contributed by atoms with Gasteiger partial charge in [-0.05, 0) is 13.2 Å². The molecule has 0 rings (SSSR count). The Morgan fingerprint density at radius 3 is 2.78 bits per heavy atom. The van der Waals surface area contributed by atoms with E-state index in [2.05, 4.69) is 18.5 Å².